The lowest BCUT2D eigenvalue weighted by Crippen LogP contribution is -2.39. The van der Waals surface area contributed by atoms with Crippen molar-refractivity contribution in [3.63, 3.8) is 0 Å². The highest BCUT2D eigenvalue weighted by molar-refractivity contribution is 9.10. The van der Waals surface area contributed by atoms with Crippen molar-refractivity contribution in [2.24, 2.45) is 0 Å². The van der Waals surface area contributed by atoms with Crippen molar-refractivity contribution in [2.75, 3.05) is 13.2 Å². The first kappa shape index (κ1) is 9.73. The highest BCUT2D eigenvalue weighted by Crippen LogP contribution is 2.25. The van der Waals surface area contributed by atoms with E-state index in [0.717, 1.165) is 4.60 Å². The van der Waals surface area contributed by atoms with Crippen LogP contribution < -0.4 is 5.32 Å². The second kappa shape index (κ2) is 3.74. The molecule has 0 fully saturated rings. The van der Waals surface area contributed by atoms with E-state index < -0.39 is 0 Å². The van der Waals surface area contributed by atoms with Gasteiger partial charge in [-0.3, -0.25) is 4.79 Å². The van der Waals surface area contributed by atoms with Crippen LogP contribution in [0.25, 0.3) is 0 Å². The summed E-state index contributed by atoms with van der Waals surface area (Å²) in [5.41, 5.74) is 0.654. The summed E-state index contributed by atoms with van der Waals surface area (Å²) in [6.07, 6.45) is 0.653. The van der Waals surface area contributed by atoms with Crippen LogP contribution in [0.1, 0.15) is 23.0 Å². The number of hydrogen-bond acceptors (Lipinski definition) is 2. The molecule has 0 bridgehead atoms. The minimum absolute atomic E-state index is 0.0510. The molecular formula is C9H11BrN2O2. The highest BCUT2D eigenvalue weighted by Gasteiger charge is 2.25. The number of nitrogens with zero attached hydrogens (tertiary/aromatic N) is 1. The lowest BCUT2D eigenvalue weighted by molar-refractivity contribution is 0.0906. The Morgan fingerprint density at radius 2 is 2.43 bits per heavy atom. The number of amides is 1. The fourth-order valence-electron chi connectivity index (χ4n) is 1.75. The Morgan fingerprint density at radius 1 is 1.64 bits per heavy atom. The molecule has 1 amide bonds. The van der Waals surface area contributed by atoms with E-state index in [4.69, 9.17) is 5.11 Å². The van der Waals surface area contributed by atoms with E-state index in [1.807, 2.05) is 10.6 Å². The maximum Gasteiger partial charge on any atom is 0.268 e. The molecule has 0 aliphatic carbocycles. The molecular weight excluding hydrogens is 248 g/mol. The minimum Gasteiger partial charge on any atom is -0.396 e. The number of rotatable bonds is 2. The van der Waals surface area contributed by atoms with Gasteiger partial charge in [0.05, 0.1) is 10.6 Å². The molecule has 2 N–H and O–H groups in total. The molecule has 0 saturated heterocycles. The van der Waals surface area contributed by atoms with Crippen molar-refractivity contribution in [1.82, 2.24) is 9.88 Å². The van der Waals surface area contributed by atoms with Crippen molar-refractivity contribution in [3.05, 3.63) is 22.4 Å². The van der Waals surface area contributed by atoms with Gasteiger partial charge in [0.25, 0.3) is 5.91 Å². The zero-order valence-corrected chi connectivity index (χ0v) is 9.12. The molecule has 1 aromatic rings. The van der Waals surface area contributed by atoms with Crippen LogP contribution in [0.3, 0.4) is 0 Å². The van der Waals surface area contributed by atoms with Gasteiger partial charge in [0.1, 0.15) is 5.69 Å². The van der Waals surface area contributed by atoms with Crippen LogP contribution in [-0.4, -0.2) is 28.7 Å². The largest absolute Gasteiger partial charge is 0.396 e. The van der Waals surface area contributed by atoms with Gasteiger partial charge < -0.3 is 15.0 Å². The van der Waals surface area contributed by atoms with Crippen molar-refractivity contribution >= 4 is 21.8 Å². The first-order valence-electron chi connectivity index (χ1n) is 4.50. The molecule has 5 heteroatoms. The van der Waals surface area contributed by atoms with E-state index in [1.165, 1.54) is 0 Å². The zero-order valence-electron chi connectivity index (χ0n) is 7.53. The summed E-state index contributed by atoms with van der Waals surface area (Å²) >= 11 is 3.39. The average Bonchev–Trinajstić information content (AvgIpc) is 2.55. The van der Waals surface area contributed by atoms with Gasteiger partial charge in [0, 0.05) is 13.2 Å². The van der Waals surface area contributed by atoms with E-state index >= 15 is 0 Å². The quantitative estimate of drug-likeness (QED) is 0.829. The van der Waals surface area contributed by atoms with Crippen LogP contribution in [-0.2, 0) is 0 Å². The number of carbonyl (C=O) groups excluding carboxylic acids is 1. The van der Waals surface area contributed by atoms with Gasteiger partial charge in [-0.2, -0.15) is 0 Å². The Bertz CT molecular complexity index is 362. The van der Waals surface area contributed by atoms with Gasteiger partial charge >= 0.3 is 0 Å². The van der Waals surface area contributed by atoms with Gasteiger partial charge in [0.2, 0.25) is 0 Å². The van der Waals surface area contributed by atoms with Crippen molar-refractivity contribution in [1.29, 1.82) is 0 Å². The van der Waals surface area contributed by atoms with Crippen LogP contribution in [0.2, 0.25) is 0 Å². The summed E-state index contributed by atoms with van der Waals surface area (Å²) in [5.74, 6) is -0.0510. The molecule has 0 spiro atoms. The third-order valence-electron chi connectivity index (χ3n) is 2.43. The predicted octanol–water partition coefficient (Wildman–Crippen LogP) is 0.917. The van der Waals surface area contributed by atoms with Crippen molar-refractivity contribution < 1.29 is 9.90 Å². The standard InChI is InChI=1S/C9H11BrN2O2/c10-8-2-1-7-9(14)11-5-6(3-4-13)12(7)8/h1-2,6,13H,3-5H2,(H,11,14). The summed E-state index contributed by atoms with van der Waals surface area (Å²) in [7, 11) is 0. The maximum atomic E-state index is 11.4. The van der Waals surface area contributed by atoms with Crippen LogP contribution in [0.4, 0.5) is 0 Å². The van der Waals surface area contributed by atoms with Gasteiger partial charge in [-0.1, -0.05) is 0 Å². The summed E-state index contributed by atoms with van der Waals surface area (Å²) < 4.78 is 2.82. The van der Waals surface area contributed by atoms with E-state index in [2.05, 4.69) is 21.2 Å². The van der Waals surface area contributed by atoms with Gasteiger partial charge in [-0.05, 0) is 34.5 Å². The molecule has 1 aromatic heterocycles. The first-order chi connectivity index (χ1) is 6.74. The molecule has 1 atom stereocenters. The number of aliphatic hydroxyl groups is 1. The molecule has 0 saturated carbocycles. The van der Waals surface area contributed by atoms with Crippen LogP contribution in [0.15, 0.2) is 16.7 Å². The SMILES string of the molecule is O=C1NCC(CCO)n2c(Br)ccc21. The Balaban J connectivity index is 2.39. The monoisotopic (exact) mass is 258 g/mol. The lowest BCUT2D eigenvalue weighted by Gasteiger charge is -2.26. The zero-order chi connectivity index (χ0) is 10.1. The Morgan fingerprint density at radius 3 is 3.14 bits per heavy atom. The minimum atomic E-state index is -0.0510. The molecule has 14 heavy (non-hydrogen) atoms. The van der Waals surface area contributed by atoms with E-state index in [1.54, 1.807) is 6.07 Å². The van der Waals surface area contributed by atoms with Gasteiger partial charge in [-0.25, -0.2) is 0 Å². The fraction of sp³-hybridized carbons (Fsp3) is 0.444. The third kappa shape index (κ3) is 1.46. The average molecular weight is 259 g/mol. The normalized spacial score (nSPS) is 20.4. The number of aliphatic hydroxyl groups excluding tert-OH is 1. The molecule has 4 nitrogen and oxygen atoms in total. The molecule has 1 unspecified atom stereocenters. The van der Waals surface area contributed by atoms with E-state index in [-0.39, 0.29) is 18.6 Å². The van der Waals surface area contributed by atoms with Crippen molar-refractivity contribution in [2.45, 2.75) is 12.5 Å². The highest BCUT2D eigenvalue weighted by atomic mass is 79.9. The molecule has 2 heterocycles. The van der Waals surface area contributed by atoms with E-state index in [0.29, 0.717) is 18.7 Å². The second-order valence-corrected chi connectivity index (χ2v) is 4.10. The Labute approximate surface area is 90.0 Å². The molecule has 2 rings (SSSR count). The third-order valence-corrected chi connectivity index (χ3v) is 3.07. The molecule has 0 aromatic carbocycles. The smallest absolute Gasteiger partial charge is 0.268 e. The molecule has 76 valence electrons. The van der Waals surface area contributed by atoms with Gasteiger partial charge in [0.15, 0.2) is 0 Å². The van der Waals surface area contributed by atoms with Crippen LogP contribution in [0, 0.1) is 0 Å². The van der Waals surface area contributed by atoms with Crippen molar-refractivity contribution in [3.8, 4) is 0 Å². The Kier molecular flexibility index (Phi) is 2.60. The Hall–Kier alpha value is -0.810. The number of fused-ring (bicyclic) bond motifs is 1. The van der Waals surface area contributed by atoms with Crippen LogP contribution in [0.5, 0.6) is 0 Å². The van der Waals surface area contributed by atoms with Gasteiger partial charge in [-0.15, -0.1) is 0 Å². The first-order valence-corrected chi connectivity index (χ1v) is 5.29. The number of halogens is 1. The topological polar surface area (TPSA) is 54.3 Å². The number of aromatic nitrogens is 1. The molecule has 1 aliphatic rings. The summed E-state index contributed by atoms with van der Waals surface area (Å²) in [6, 6.07) is 3.78. The number of carbonyl (C=O) groups is 1. The molecule has 0 radical (unpaired) electrons. The van der Waals surface area contributed by atoms with Crippen LogP contribution >= 0.6 is 15.9 Å². The lowest BCUT2D eigenvalue weighted by atomic mass is 10.1. The summed E-state index contributed by atoms with van der Waals surface area (Å²) in [6.45, 7) is 0.713. The number of nitrogens with one attached hydrogen (secondary N) is 1. The van der Waals surface area contributed by atoms with E-state index in [9.17, 15) is 4.79 Å². The fourth-order valence-corrected chi connectivity index (χ4v) is 2.36. The predicted molar refractivity (Wildman–Crippen MR) is 55.2 cm³/mol. The maximum absolute atomic E-state index is 11.4. The summed E-state index contributed by atoms with van der Waals surface area (Å²) in [4.78, 5) is 11.4. The molecule has 1 aliphatic heterocycles. The number of hydrogen-bond donors (Lipinski definition) is 2. The summed E-state index contributed by atoms with van der Waals surface area (Å²) in [5, 5.41) is 11.7. The second-order valence-electron chi connectivity index (χ2n) is 3.29.